The maximum atomic E-state index is 10.7. The molecule has 0 aliphatic rings. The van der Waals surface area contributed by atoms with E-state index in [2.05, 4.69) is 0 Å². The van der Waals surface area contributed by atoms with Crippen LogP contribution in [-0.4, -0.2) is 18.2 Å². The van der Waals surface area contributed by atoms with Gasteiger partial charge in [-0.25, -0.2) is 0 Å². The summed E-state index contributed by atoms with van der Waals surface area (Å²) >= 11 is 5.16. The van der Waals surface area contributed by atoms with Crippen molar-refractivity contribution in [3.05, 3.63) is 29.8 Å². The highest BCUT2D eigenvalue weighted by molar-refractivity contribution is 7.85. The lowest BCUT2D eigenvalue weighted by molar-refractivity contribution is -0.111. The van der Waals surface area contributed by atoms with E-state index in [1.807, 2.05) is 0 Å². The van der Waals surface area contributed by atoms with Crippen molar-refractivity contribution in [1.29, 1.82) is 0 Å². The van der Waals surface area contributed by atoms with Crippen LogP contribution in [0.2, 0.25) is 0 Å². The number of hydrogen-bond acceptors (Lipinski definition) is 3. The van der Waals surface area contributed by atoms with Crippen molar-refractivity contribution >= 4 is 27.0 Å². The Morgan fingerprint density at radius 3 is 2.20 bits per heavy atom. The molecule has 0 saturated carbocycles. The molecule has 0 aromatic heterocycles. The standard InChI is InChI=1S/C9H9ClO4S/c10-9(11)6-3-7-1-4-8(5-2-7)15(12,13)14/h1-2,4-5H,3,6H2,(H,12,13,14). The Kier molecular flexibility index (Phi) is 3.84. The molecule has 6 heteroatoms. The van der Waals surface area contributed by atoms with Crippen LogP contribution in [-0.2, 0) is 21.3 Å². The largest absolute Gasteiger partial charge is 0.294 e. The van der Waals surface area contributed by atoms with Gasteiger partial charge < -0.3 is 0 Å². The van der Waals surface area contributed by atoms with Crippen molar-refractivity contribution in [2.45, 2.75) is 17.7 Å². The smallest absolute Gasteiger partial charge is 0.282 e. The third-order valence-electron chi connectivity index (χ3n) is 1.83. The van der Waals surface area contributed by atoms with Gasteiger partial charge in [-0.05, 0) is 35.7 Å². The first kappa shape index (κ1) is 12.2. The molecule has 0 fully saturated rings. The van der Waals surface area contributed by atoms with Crippen LogP contribution in [0.4, 0.5) is 0 Å². The average Bonchev–Trinajstić information content (AvgIpc) is 2.14. The second kappa shape index (κ2) is 4.74. The molecule has 0 radical (unpaired) electrons. The lowest BCUT2D eigenvalue weighted by Gasteiger charge is -2.00. The third kappa shape index (κ3) is 3.99. The van der Waals surface area contributed by atoms with E-state index < -0.39 is 15.4 Å². The van der Waals surface area contributed by atoms with Gasteiger partial charge in [-0.2, -0.15) is 8.42 Å². The molecule has 0 spiro atoms. The average molecular weight is 249 g/mol. The van der Waals surface area contributed by atoms with Crippen molar-refractivity contribution in [3.63, 3.8) is 0 Å². The molecule has 1 rings (SSSR count). The summed E-state index contributed by atoms with van der Waals surface area (Å²) in [4.78, 5) is 10.3. The molecule has 0 unspecified atom stereocenters. The highest BCUT2D eigenvalue weighted by Gasteiger charge is 2.08. The van der Waals surface area contributed by atoms with E-state index >= 15 is 0 Å². The summed E-state index contributed by atoms with van der Waals surface area (Å²) in [7, 11) is -4.14. The zero-order valence-electron chi connectivity index (χ0n) is 7.68. The zero-order chi connectivity index (χ0) is 11.5. The Labute approximate surface area is 92.6 Å². The molecular formula is C9H9ClO4S. The lowest BCUT2D eigenvalue weighted by Crippen LogP contribution is -1.98. The normalized spacial score (nSPS) is 11.3. The lowest BCUT2D eigenvalue weighted by atomic mass is 10.1. The van der Waals surface area contributed by atoms with Gasteiger partial charge in [0.2, 0.25) is 5.24 Å². The van der Waals surface area contributed by atoms with E-state index in [4.69, 9.17) is 16.2 Å². The number of hydrogen-bond donors (Lipinski definition) is 1. The van der Waals surface area contributed by atoms with Crippen molar-refractivity contribution in [2.24, 2.45) is 0 Å². The molecule has 15 heavy (non-hydrogen) atoms. The fourth-order valence-electron chi connectivity index (χ4n) is 1.07. The Bertz CT molecular complexity index is 450. The van der Waals surface area contributed by atoms with Crippen LogP contribution in [0.25, 0.3) is 0 Å². The van der Waals surface area contributed by atoms with Crippen molar-refractivity contribution < 1.29 is 17.8 Å². The Balaban J connectivity index is 2.77. The molecule has 1 N–H and O–H groups in total. The fourth-order valence-corrected chi connectivity index (χ4v) is 1.65. The minimum atomic E-state index is -4.14. The molecule has 0 heterocycles. The summed E-state index contributed by atoms with van der Waals surface area (Å²) in [5.41, 5.74) is 0.788. The van der Waals surface area contributed by atoms with E-state index in [1.54, 1.807) is 0 Å². The summed E-state index contributed by atoms with van der Waals surface area (Å²) in [6.07, 6.45) is 0.654. The van der Waals surface area contributed by atoms with Crippen molar-refractivity contribution in [1.82, 2.24) is 0 Å². The van der Waals surface area contributed by atoms with Crippen LogP contribution < -0.4 is 0 Å². The maximum absolute atomic E-state index is 10.7. The van der Waals surface area contributed by atoms with E-state index in [9.17, 15) is 13.2 Å². The van der Waals surface area contributed by atoms with Gasteiger partial charge in [0, 0.05) is 6.42 Å². The predicted octanol–water partition coefficient (Wildman–Crippen LogP) is 1.63. The van der Waals surface area contributed by atoms with Gasteiger partial charge in [-0.15, -0.1) is 0 Å². The number of carbonyl (C=O) groups is 1. The Morgan fingerprint density at radius 2 is 1.80 bits per heavy atom. The Morgan fingerprint density at radius 1 is 1.27 bits per heavy atom. The molecule has 0 aliphatic heterocycles. The van der Waals surface area contributed by atoms with Crippen LogP contribution in [0.5, 0.6) is 0 Å². The molecule has 1 aromatic rings. The molecule has 0 saturated heterocycles. The molecule has 0 amide bonds. The number of rotatable bonds is 4. The Hall–Kier alpha value is -0.910. The molecule has 1 aromatic carbocycles. The van der Waals surface area contributed by atoms with E-state index in [-0.39, 0.29) is 11.3 Å². The molecule has 0 atom stereocenters. The molecule has 82 valence electrons. The maximum Gasteiger partial charge on any atom is 0.294 e. The third-order valence-corrected chi connectivity index (χ3v) is 2.89. The first-order valence-corrected chi connectivity index (χ1v) is 5.96. The first-order chi connectivity index (χ1) is 6.89. The van der Waals surface area contributed by atoms with Gasteiger partial charge in [-0.1, -0.05) is 12.1 Å². The second-order valence-corrected chi connectivity index (χ2v) is 4.82. The second-order valence-electron chi connectivity index (χ2n) is 2.97. The van der Waals surface area contributed by atoms with Gasteiger partial charge in [0.25, 0.3) is 10.1 Å². The topological polar surface area (TPSA) is 71.4 Å². The van der Waals surface area contributed by atoms with Crippen LogP contribution in [0.1, 0.15) is 12.0 Å². The highest BCUT2D eigenvalue weighted by Crippen LogP contribution is 2.11. The molecular weight excluding hydrogens is 240 g/mol. The summed E-state index contributed by atoms with van der Waals surface area (Å²) in [5.74, 6) is 0. The molecule has 4 nitrogen and oxygen atoms in total. The van der Waals surface area contributed by atoms with Crippen molar-refractivity contribution in [3.8, 4) is 0 Å². The van der Waals surface area contributed by atoms with Gasteiger partial charge in [0.15, 0.2) is 0 Å². The molecule has 0 bridgehead atoms. The SMILES string of the molecule is O=C(Cl)CCc1ccc(S(=O)(=O)O)cc1. The summed E-state index contributed by atoms with van der Waals surface area (Å²) in [6.45, 7) is 0. The minimum Gasteiger partial charge on any atom is -0.282 e. The fraction of sp³-hybridized carbons (Fsp3) is 0.222. The van der Waals surface area contributed by atoms with Crippen LogP contribution in [0.15, 0.2) is 29.2 Å². The van der Waals surface area contributed by atoms with Crippen LogP contribution in [0.3, 0.4) is 0 Å². The number of benzene rings is 1. The highest BCUT2D eigenvalue weighted by atomic mass is 35.5. The van der Waals surface area contributed by atoms with Crippen molar-refractivity contribution in [2.75, 3.05) is 0 Å². The minimum absolute atomic E-state index is 0.163. The van der Waals surface area contributed by atoms with Crippen LogP contribution >= 0.6 is 11.6 Å². The van der Waals surface area contributed by atoms with Gasteiger partial charge in [0.1, 0.15) is 0 Å². The molecule has 0 aliphatic carbocycles. The predicted molar refractivity (Wildman–Crippen MR) is 55.4 cm³/mol. The summed E-state index contributed by atoms with van der Waals surface area (Å²) in [6, 6.07) is 5.62. The zero-order valence-corrected chi connectivity index (χ0v) is 9.25. The van der Waals surface area contributed by atoms with Gasteiger partial charge >= 0.3 is 0 Å². The van der Waals surface area contributed by atoms with Crippen LogP contribution in [0, 0.1) is 0 Å². The first-order valence-electron chi connectivity index (χ1n) is 4.14. The summed E-state index contributed by atoms with van der Waals surface area (Å²) < 4.78 is 30.1. The monoisotopic (exact) mass is 248 g/mol. The van der Waals surface area contributed by atoms with Gasteiger partial charge in [0.05, 0.1) is 4.90 Å². The number of aryl methyl sites for hydroxylation is 1. The quantitative estimate of drug-likeness (QED) is 0.649. The van der Waals surface area contributed by atoms with E-state index in [0.29, 0.717) is 6.42 Å². The number of carbonyl (C=O) groups excluding carboxylic acids is 1. The van der Waals surface area contributed by atoms with E-state index in [1.165, 1.54) is 24.3 Å². The summed E-state index contributed by atoms with van der Waals surface area (Å²) in [5, 5.41) is -0.436. The number of halogens is 1. The van der Waals surface area contributed by atoms with Gasteiger partial charge in [-0.3, -0.25) is 9.35 Å². The van der Waals surface area contributed by atoms with E-state index in [0.717, 1.165) is 5.56 Å².